The third-order valence-electron chi connectivity index (χ3n) is 6.72. The van der Waals surface area contributed by atoms with E-state index in [1.165, 1.54) is 17.7 Å². The van der Waals surface area contributed by atoms with Gasteiger partial charge in [0.1, 0.15) is 17.7 Å². The Bertz CT molecular complexity index is 787. The monoisotopic (exact) mass is 383 g/mol. The third-order valence-corrected chi connectivity index (χ3v) is 6.72. The van der Waals surface area contributed by atoms with Gasteiger partial charge in [0.05, 0.1) is 0 Å². The molecule has 0 atom stereocenters. The van der Waals surface area contributed by atoms with Gasteiger partial charge in [0.25, 0.3) is 0 Å². The molecule has 0 unspecified atom stereocenters. The van der Waals surface area contributed by atoms with Crippen LogP contribution in [0.2, 0.25) is 0 Å². The Hall–Kier alpha value is -1.87. The Morgan fingerprint density at radius 1 is 0.857 bits per heavy atom. The van der Waals surface area contributed by atoms with Crippen LogP contribution in [0.25, 0.3) is 0 Å². The summed E-state index contributed by atoms with van der Waals surface area (Å²) in [4.78, 5) is 2.47. The number of nitrogens with zero attached hydrogens (tertiary/aromatic N) is 1. The average molecular weight is 384 g/mol. The first-order chi connectivity index (χ1) is 12.9. The van der Waals surface area contributed by atoms with E-state index in [9.17, 15) is 4.39 Å². The molecule has 1 fully saturated rings. The quantitative estimate of drug-likeness (QED) is 0.625. The van der Waals surface area contributed by atoms with Crippen molar-refractivity contribution in [2.45, 2.75) is 77.0 Å². The zero-order chi connectivity index (χ0) is 20.7. The van der Waals surface area contributed by atoms with Crippen LogP contribution in [0, 0.1) is 5.82 Å². The maximum absolute atomic E-state index is 13.3. The first-order valence-electron chi connectivity index (χ1n) is 10.2. The number of hydrogen-bond acceptors (Lipinski definition) is 2. The maximum atomic E-state index is 13.3. The molecule has 1 heterocycles. The summed E-state index contributed by atoms with van der Waals surface area (Å²) < 4.78 is 19.7. The zero-order valence-corrected chi connectivity index (χ0v) is 18.3. The van der Waals surface area contributed by atoms with Gasteiger partial charge in [-0.05, 0) is 70.1 Å². The van der Waals surface area contributed by atoms with Crippen LogP contribution >= 0.6 is 0 Å². The highest BCUT2D eigenvalue weighted by Gasteiger charge is 2.43. The molecular formula is C25H34FNO. The molecule has 0 aliphatic carbocycles. The average Bonchev–Trinajstić information content (AvgIpc) is 2.60. The second kappa shape index (κ2) is 7.18. The lowest BCUT2D eigenvalue weighted by Gasteiger charge is -2.53. The largest absolute Gasteiger partial charge is 0.490 e. The fourth-order valence-corrected chi connectivity index (χ4v) is 4.54. The number of benzene rings is 2. The van der Waals surface area contributed by atoms with Crippen molar-refractivity contribution in [3.05, 3.63) is 65.5 Å². The van der Waals surface area contributed by atoms with E-state index in [-0.39, 0.29) is 28.4 Å². The smallest absolute Gasteiger partial charge is 0.123 e. The Labute approximate surface area is 169 Å². The lowest BCUT2D eigenvalue weighted by atomic mass is 9.78. The summed E-state index contributed by atoms with van der Waals surface area (Å²) in [5, 5.41) is 0. The van der Waals surface area contributed by atoms with Crippen molar-refractivity contribution in [1.82, 2.24) is 4.90 Å². The van der Waals surface area contributed by atoms with Gasteiger partial charge in [0.15, 0.2) is 0 Å². The molecule has 2 nitrogen and oxygen atoms in total. The van der Waals surface area contributed by atoms with Gasteiger partial charge in [0, 0.05) is 29.3 Å². The molecule has 0 radical (unpaired) electrons. The minimum Gasteiger partial charge on any atom is -0.490 e. The zero-order valence-electron chi connectivity index (χ0n) is 18.3. The summed E-state index contributed by atoms with van der Waals surface area (Å²) in [6, 6.07) is 15.2. The Balaban J connectivity index is 1.75. The molecule has 3 heteroatoms. The highest BCUT2D eigenvalue weighted by molar-refractivity contribution is 5.40. The van der Waals surface area contributed by atoms with Gasteiger partial charge in [0.2, 0.25) is 0 Å². The minimum absolute atomic E-state index is 0.108. The topological polar surface area (TPSA) is 12.5 Å². The van der Waals surface area contributed by atoms with Crippen LogP contribution < -0.4 is 4.74 Å². The molecule has 0 saturated carbocycles. The van der Waals surface area contributed by atoms with E-state index >= 15 is 0 Å². The maximum Gasteiger partial charge on any atom is 0.123 e. The van der Waals surface area contributed by atoms with Crippen LogP contribution in [0.4, 0.5) is 4.39 Å². The summed E-state index contributed by atoms with van der Waals surface area (Å²) >= 11 is 0. The Morgan fingerprint density at radius 3 is 1.75 bits per heavy atom. The standard InChI is InChI=1S/C25H34FNO/c1-23(2)16-22(17-24(3,4)27(23)7)28-21-14-10-19(11-15-21)25(5,6)18-8-12-20(26)13-9-18/h8-15,22H,16-17H2,1-7H3. The van der Waals surface area contributed by atoms with Gasteiger partial charge in [-0.25, -0.2) is 4.39 Å². The highest BCUT2D eigenvalue weighted by atomic mass is 19.1. The van der Waals surface area contributed by atoms with Gasteiger partial charge < -0.3 is 4.74 Å². The molecule has 2 aromatic rings. The Morgan fingerprint density at radius 2 is 1.29 bits per heavy atom. The molecule has 28 heavy (non-hydrogen) atoms. The summed E-state index contributed by atoms with van der Waals surface area (Å²) in [6.07, 6.45) is 2.23. The van der Waals surface area contributed by atoms with Crippen molar-refractivity contribution in [3.8, 4) is 5.75 Å². The number of likely N-dealkylation sites (tertiary alicyclic amines) is 1. The first-order valence-corrected chi connectivity index (χ1v) is 10.2. The lowest BCUT2D eigenvalue weighted by Crippen LogP contribution is -2.60. The normalized spacial score (nSPS) is 20.1. The second-order valence-corrected chi connectivity index (χ2v) is 9.99. The van der Waals surface area contributed by atoms with E-state index in [0.29, 0.717) is 0 Å². The van der Waals surface area contributed by atoms with E-state index in [1.54, 1.807) is 0 Å². The van der Waals surface area contributed by atoms with Gasteiger partial charge in [-0.2, -0.15) is 0 Å². The molecule has 152 valence electrons. The van der Waals surface area contributed by atoms with Crippen LogP contribution in [0.15, 0.2) is 48.5 Å². The van der Waals surface area contributed by atoms with Crippen molar-refractivity contribution >= 4 is 0 Å². The van der Waals surface area contributed by atoms with Gasteiger partial charge >= 0.3 is 0 Å². The molecule has 0 spiro atoms. The van der Waals surface area contributed by atoms with Crippen LogP contribution in [0.3, 0.4) is 0 Å². The first kappa shape index (κ1) is 20.9. The van der Waals surface area contributed by atoms with E-state index in [1.807, 2.05) is 12.1 Å². The predicted octanol–water partition coefficient (Wildman–Crippen LogP) is 6.18. The van der Waals surface area contributed by atoms with Gasteiger partial charge in [-0.1, -0.05) is 38.1 Å². The number of piperidine rings is 1. The molecule has 1 saturated heterocycles. The molecule has 1 aliphatic heterocycles. The molecule has 0 amide bonds. The second-order valence-electron chi connectivity index (χ2n) is 9.99. The SMILES string of the molecule is CN1C(C)(C)CC(Oc2ccc(C(C)(C)c3ccc(F)cc3)cc2)CC1(C)C. The minimum atomic E-state index is -0.202. The van der Waals surface area contributed by atoms with Crippen molar-refractivity contribution in [2.24, 2.45) is 0 Å². The van der Waals surface area contributed by atoms with Crippen LogP contribution in [-0.4, -0.2) is 29.1 Å². The predicted molar refractivity (Wildman–Crippen MR) is 115 cm³/mol. The van der Waals surface area contributed by atoms with Crippen LogP contribution in [0.5, 0.6) is 5.75 Å². The molecule has 3 rings (SSSR count). The third kappa shape index (κ3) is 4.10. The molecular weight excluding hydrogens is 349 g/mol. The van der Waals surface area contributed by atoms with E-state index in [2.05, 4.69) is 77.8 Å². The molecule has 0 bridgehead atoms. The van der Waals surface area contributed by atoms with Gasteiger partial charge in [-0.3, -0.25) is 4.90 Å². The number of hydrogen-bond donors (Lipinski definition) is 0. The number of halogens is 1. The number of rotatable bonds is 4. The summed E-state index contributed by atoms with van der Waals surface area (Å²) in [5.41, 5.74) is 2.31. The summed E-state index contributed by atoms with van der Waals surface area (Å²) in [5.74, 6) is 0.715. The molecule has 2 aromatic carbocycles. The fourth-order valence-electron chi connectivity index (χ4n) is 4.54. The van der Waals surface area contributed by atoms with Crippen molar-refractivity contribution in [1.29, 1.82) is 0 Å². The molecule has 0 N–H and O–H groups in total. The van der Waals surface area contributed by atoms with E-state index in [4.69, 9.17) is 4.74 Å². The molecule has 0 aromatic heterocycles. The Kier molecular flexibility index (Phi) is 5.35. The molecule has 1 aliphatic rings. The van der Waals surface area contributed by atoms with Crippen LogP contribution in [-0.2, 0) is 5.41 Å². The number of ether oxygens (including phenoxy) is 1. The fraction of sp³-hybridized carbons (Fsp3) is 0.520. The lowest BCUT2D eigenvalue weighted by molar-refractivity contribution is -0.0556. The van der Waals surface area contributed by atoms with Crippen LogP contribution in [0.1, 0.15) is 65.5 Å². The van der Waals surface area contributed by atoms with Crippen molar-refractivity contribution in [2.75, 3.05) is 7.05 Å². The van der Waals surface area contributed by atoms with Gasteiger partial charge in [-0.15, -0.1) is 0 Å². The summed E-state index contributed by atoms with van der Waals surface area (Å²) in [6.45, 7) is 13.5. The van der Waals surface area contributed by atoms with Crippen molar-refractivity contribution in [3.63, 3.8) is 0 Å². The van der Waals surface area contributed by atoms with Crippen molar-refractivity contribution < 1.29 is 9.13 Å². The highest BCUT2D eigenvalue weighted by Crippen LogP contribution is 2.39. The van der Waals surface area contributed by atoms with E-state index in [0.717, 1.165) is 24.2 Å². The van der Waals surface area contributed by atoms with E-state index < -0.39 is 0 Å². The summed E-state index contributed by atoms with van der Waals surface area (Å²) in [7, 11) is 2.21.